The lowest BCUT2D eigenvalue weighted by Crippen LogP contribution is -2.40. The van der Waals surface area contributed by atoms with Gasteiger partial charge in [0.05, 0.1) is 12.5 Å². The number of rotatable bonds is 9. The summed E-state index contributed by atoms with van der Waals surface area (Å²) in [5.74, 6) is -1.19. The zero-order chi connectivity index (χ0) is 25.9. The summed E-state index contributed by atoms with van der Waals surface area (Å²) < 4.78 is 1.48. The predicted molar refractivity (Wildman–Crippen MR) is 141 cm³/mol. The van der Waals surface area contributed by atoms with Crippen molar-refractivity contribution in [3.8, 4) is 10.4 Å². The fourth-order valence-electron chi connectivity index (χ4n) is 4.35. The zero-order valence-electron chi connectivity index (χ0n) is 21.2. The van der Waals surface area contributed by atoms with E-state index in [9.17, 15) is 19.5 Å². The van der Waals surface area contributed by atoms with Gasteiger partial charge in [-0.15, -0.1) is 11.3 Å². The van der Waals surface area contributed by atoms with Crippen molar-refractivity contribution in [2.24, 2.45) is 5.92 Å². The highest BCUT2D eigenvalue weighted by molar-refractivity contribution is 7.13. The number of carbonyl (C=O) groups is 2. The first kappa shape index (κ1) is 26.4. The second-order valence-corrected chi connectivity index (χ2v) is 10.6. The van der Waals surface area contributed by atoms with Crippen LogP contribution in [0.25, 0.3) is 10.4 Å². The molecule has 2 atom stereocenters. The minimum atomic E-state index is -1.00. The number of carbonyl (C=O) groups excluding carboxylic acids is 1. The number of amides is 1. The molecule has 2 heterocycles. The first-order valence-corrected chi connectivity index (χ1v) is 12.7. The number of nitrogens with zero attached hydrogens (tertiary/aromatic N) is 1. The Morgan fingerprint density at radius 3 is 2.29 bits per heavy atom. The number of carboxylic acid groups (broad SMARTS) is 1. The van der Waals surface area contributed by atoms with Gasteiger partial charge in [-0.2, -0.15) is 0 Å². The second-order valence-electron chi connectivity index (χ2n) is 9.70. The predicted octanol–water partition coefficient (Wildman–Crippen LogP) is 5.73. The molecule has 3 aromatic rings. The molecule has 0 spiro atoms. The van der Waals surface area contributed by atoms with Crippen LogP contribution in [-0.2, 0) is 9.59 Å². The second kappa shape index (κ2) is 11.0. The van der Waals surface area contributed by atoms with Gasteiger partial charge in [0.25, 0.3) is 5.56 Å². The highest BCUT2D eigenvalue weighted by Crippen LogP contribution is 2.35. The SMILES string of the molecule is Cc1cc(=O)n(C(CC(C)C)C(=O)NC(CC(=O)O)c2csc(-c3c(C)cccc3C)c2)cc1C. The number of aliphatic carboxylic acids is 1. The molecule has 0 saturated carbocycles. The van der Waals surface area contributed by atoms with Crippen molar-refractivity contribution in [1.82, 2.24) is 9.88 Å². The van der Waals surface area contributed by atoms with Crippen LogP contribution >= 0.6 is 11.3 Å². The standard InChI is InChI=1S/C28H34N2O4S/c1-16(2)10-23(30-14-20(6)19(5)11-25(30)31)28(34)29-22(13-26(32)33)21-12-24(35-15-21)27-17(3)8-7-9-18(27)4/h7-9,11-12,14-16,22-23H,10,13H2,1-6H3,(H,29,34)(H,32,33). The molecule has 186 valence electrons. The highest BCUT2D eigenvalue weighted by Gasteiger charge is 2.27. The molecule has 0 bridgehead atoms. The number of carboxylic acids is 1. The maximum absolute atomic E-state index is 13.5. The van der Waals surface area contributed by atoms with Crippen molar-refractivity contribution < 1.29 is 14.7 Å². The highest BCUT2D eigenvalue weighted by atomic mass is 32.1. The molecule has 0 aliphatic rings. The van der Waals surface area contributed by atoms with Crippen LogP contribution in [0.5, 0.6) is 0 Å². The summed E-state index contributed by atoms with van der Waals surface area (Å²) in [4.78, 5) is 39.0. The molecule has 3 rings (SSSR count). The zero-order valence-corrected chi connectivity index (χ0v) is 22.0. The number of aromatic nitrogens is 1. The number of thiophene rings is 1. The van der Waals surface area contributed by atoms with E-state index in [0.717, 1.165) is 38.3 Å². The molecular weight excluding hydrogens is 460 g/mol. The van der Waals surface area contributed by atoms with E-state index in [1.165, 1.54) is 15.9 Å². The normalized spacial score (nSPS) is 13.0. The Morgan fingerprint density at radius 2 is 1.69 bits per heavy atom. The molecule has 35 heavy (non-hydrogen) atoms. The van der Waals surface area contributed by atoms with Crippen LogP contribution in [-0.4, -0.2) is 21.6 Å². The number of hydrogen-bond donors (Lipinski definition) is 2. The van der Waals surface area contributed by atoms with E-state index in [4.69, 9.17) is 0 Å². The van der Waals surface area contributed by atoms with Crippen LogP contribution in [0.2, 0.25) is 0 Å². The average molecular weight is 495 g/mol. The maximum atomic E-state index is 13.5. The Hall–Kier alpha value is -3.19. The Morgan fingerprint density at radius 1 is 1.03 bits per heavy atom. The van der Waals surface area contributed by atoms with Crippen molar-refractivity contribution in [3.63, 3.8) is 0 Å². The maximum Gasteiger partial charge on any atom is 0.305 e. The third-order valence-corrected chi connectivity index (χ3v) is 7.29. The molecule has 7 heteroatoms. The van der Waals surface area contributed by atoms with Crippen LogP contribution in [0.15, 0.2) is 46.7 Å². The first-order valence-electron chi connectivity index (χ1n) is 11.8. The van der Waals surface area contributed by atoms with Gasteiger partial charge in [0.15, 0.2) is 0 Å². The lowest BCUT2D eigenvalue weighted by molar-refractivity contribution is -0.138. The summed E-state index contributed by atoms with van der Waals surface area (Å²) in [6.45, 7) is 11.9. The molecule has 0 saturated heterocycles. The van der Waals surface area contributed by atoms with Crippen molar-refractivity contribution in [3.05, 3.63) is 80.1 Å². The largest absolute Gasteiger partial charge is 0.481 e. The molecule has 1 aromatic carbocycles. The molecule has 0 aliphatic heterocycles. The van der Waals surface area contributed by atoms with Gasteiger partial charge >= 0.3 is 5.97 Å². The molecule has 0 radical (unpaired) electrons. The molecule has 6 nitrogen and oxygen atoms in total. The number of pyridine rings is 1. The van der Waals surface area contributed by atoms with Gasteiger partial charge in [-0.25, -0.2) is 0 Å². The molecule has 0 aliphatic carbocycles. The summed E-state index contributed by atoms with van der Waals surface area (Å²) in [5, 5.41) is 14.4. The van der Waals surface area contributed by atoms with Gasteiger partial charge in [-0.3, -0.25) is 14.4 Å². The topological polar surface area (TPSA) is 88.4 Å². The van der Waals surface area contributed by atoms with Crippen molar-refractivity contribution in [1.29, 1.82) is 0 Å². The molecule has 2 aromatic heterocycles. The van der Waals surface area contributed by atoms with E-state index in [-0.39, 0.29) is 23.8 Å². The van der Waals surface area contributed by atoms with Gasteiger partial charge in [-0.05, 0) is 84.9 Å². The van der Waals surface area contributed by atoms with E-state index in [1.54, 1.807) is 12.3 Å². The van der Waals surface area contributed by atoms with E-state index in [2.05, 4.69) is 31.3 Å². The Kier molecular flexibility index (Phi) is 8.33. The van der Waals surface area contributed by atoms with E-state index < -0.39 is 18.1 Å². The molecule has 0 fully saturated rings. The quantitative estimate of drug-likeness (QED) is 0.398. The minimum Gasteiger partial charge on any atom is -0.481 e. The van der Waals surface area contributed by atoms with Crippen molar-refractivity contribution >= 4 is 23.2 Å². The van der Waals surface area contributed by atoms with Crippen molar-refractivity contribution in [2.45, 2.75) is 66.5 Å². The van der Waals surface area contributed by atoms with E-state index in [1.807, 2.05) is 45.2 Å². The number of hydrogen-bond acceptors (Lipinski definition) is 4. The lowest BCUT2D eigenvalue weighted by Gasteiger charge is -2.25. The number of benzene rings is 1. The molecular formula is C28H34N2O4S. The van der Waals surface area contributed by atoms with Gasteiger partial charge in [0, 0.05) is 17.1 Å². The van der Waals surface area contributed by atoms with Gasteiger partial charge in [0.2, 0.25) is 5.91 Å². The van der Waals surface area contributed by atoms with Crippen LogP contribution in [0, 0.1) is 33.6 Å². The summed E-state index contributed by atoms with van der Waals surface area (Å²) in [6.07, 6.45) is 1.94. The van der Waals surface area contributed by atoms with Gasteiger partial charge in [-0.1, -0.05) is 32.0 Å². The van der Waals surface area contributed by atoms with E-state index >= 15 is 0 Å². The van der Waals surface area contributed by atoms with Crippen LogP contribution in [0.1, 0.15) is 66.6 Å². The molecule has 2 N–H and O–H groups in total. The fourth-order valence-corrected chi connectivity index (χ4v) is 5.49. The van der Waals surface area contributed by atoms with Crippen LogP contribution < -0.4 is 10.9 Å². The first-order chi connectivity index (χ1) is 16.5. The molecule has 2 unspecified atom stereocenters. The van der Waals surface area contributed by atoms with Crippen LogP contribution in [0.4, 0.5) is 0 Å². The Balaban J connectivity index is 1.96. The number of nitrogens with one attached hydrogen (secondary N) is 1. The summed E-state index contributed by atoms with van der Waals surface area (Å²) in [6, 6.07) is 8.20. The monoisotopic (exact) mass is 494 g/mol. The summed E-state index contributed by atoms with van der Waals surface area (Å²) >= 11 is 1.54. The van der Waals surface area contributed by atoms with Crippen molar-refractivity contribution in [2.75, 3.05) is 0 Å². The summed E-state index contributed by atoms with van der Waals surface area (Å²) in [7, 11) is 0. The van der Waals surface area contributed by atoms with Gasteiger partial charge in [0.1, 0.15) is 6.04 Å². The summed E-state index contributed by atoms with van der Waals surface area (Å²) in [5.41, 5.74) is 5.71. The third-order valence-electron chi connectivity index (χ3n) is 6.33. The third kappa shape index (κ3) is 6.28. The lowest BCUT2D eigenvalue weighted by atomic mass is 9.98. The molecule has 1 amide bonds. The Bertz CT molecular complexity index is 1270. The fraction of sp³-hybridized carbons (Fsp3) is 0.393. The van der Waals surface area contributed by atoms with E-state index in [0.29, 0.717) is 6.42 Å². The number of aryl methyl sites for hydroxylation is 4. The average Bonchev–Trinajstić information content (AvgIpc) is 3.23. The van der Waals surface area contributed by atoms with Gasteiger partial charge < -0.3 is 15.0 Å². The van der Waals surface area contributed by atoms with Crippen LogP contribution in [0.3, 0.4) is 0 Å². The minimum absolute atomic E-state index is 0.161. The Labute approximate surface area is 210 Å². The smallest absolute Gasteiger partial charge is 0.305 e.